The van der Waals surface area contributed by atoms with Crippen LogP contribution >= 0.6 is 0 Å². The molecule has 0 bridgehead atoms. The molecule has 1 fully saturated rings. The maximum absolute atomic E-state index is 11.5. The Morgan fingerprint density at radius 3 is 2.43 bits per heavy atom. The van der Waals surface area contributed by atoms with Crippen LogP contribution in [0.25, 0.3) is 0 Å². The van der Waals surface area contributed by atoms with Gasteiger partial charge in [-0.15, -0.1) is 0 Å². The zero-order valence-electron chi connectivity index (χ0n) is 9.71. The average molecular weight is 198 g/mol. The molecule has 0 aromatic carbocycles. The lowest BCUT2D eigenvalue weighted by Gasteiger charge is -2.41. The third-order valence-corrected chi connectivity index (χ3v) is 2.84. The van der Waals surface area contributed by atoms with Crippen LogP contribution < -0.4 is 5.32 Å². The van der Waals surface area contributed by atoms with Gasteiger partial charge in [0.05, 0.1) is 0 Å². The van der Waals surface area contributed by atoms with E-state index in [0.717, 1.165) is 6.42 Å². The highest BCUT2D eigenvalue weighted by atomic mass is 16.1. The molecule has 1 aliphatic rings. The van der Waals surface area contributed by atoms with E-state index in [9.17, 15) is 4.79 Å². The number of likely N-dealkylation sites (N-methyl/N-ethyl adjacent to an activating group) is 1. The molecule has 0 saturated heterocycles. The Morgan fingerprint density at radius 1 is 1.43 bits per heavy atom. The zero-order chi connectivity index (χ0) is 10.7. The quantitative estimate of drug-likeness (QED) is 0.737. The molecule has 1 rings (SSSR count). The Morgan fingerprint density at radius 2 is 2.07 bits per heavy atom. The fourth-order valence-corrected chi connectivity index (χ4v) is 1.91. The standard InChI is InChI=1S/C11H22N2O/c1-8(2)7-11(14)12-9-5-6-10(9)13(3)4/h8-10H,5-7H2,1-4H3,(H,12,14). The Balaban J connectivity index is 2.27. The van der Waals surface area contributed by atoms with E-state index in [1.54, 1.807) is 0 Å². The summed E-state index contributed by atoms with van der Waals surface area (Å²) in [6, 6.07) is 0.933. The Labute approximate surface area is 86.9 Å². The van der Waals surface area contributed by atoms with Crippen LogP contribution in [0, 0.1) is 5.92 Å². The number of hydrogen-bond acceptors (Lipinski definition) is 2. The molecule has 1 aliphatic carbocycles. The summed E-state index contributed by atoms with van der Waals surface area (Å²) in [6.45, 7) is 4.15. The first kappa shape index (κ1) is 11.5. The largest absolute Gasteiger partial charge is 0.352 e. The molecule has 0 aliphatic heterocycles. The van der Waals surface area contributed by atoms with E-state index in [0.29, 0.717) is 24.4 Å². The minimum Gasteiger partial charge on any atom is -0.352 e. The van der Waals surface area contributed by atoms with E-state index < -0.39 is 0 Å². The second kappa shape index (κ2) is 4.78. The summed E-state index contributed by atoms with van der Waals surface area (Å²) in [5, 5.41) is 3.10. The van der Waals surface area contributed by atoms with Gasteiger partial charge in [0.2, 0.25) is 5.91 Å². The van der Waals surface area contributed by atoms with E-state index in [1.807, 2.05) is 0 Å². The Kier molecular flexibility index (Phi) is 3.93. The lowest BCUT2D eigenvalue weighted by atomic mass is 9.85. The molecule has 0 spiro atoms. The van der Waals surface area contributed by atoms with Crippen LogP contribution in [0.5, 0.6) is 0 Å². The van der Waals surface area contributed by atoms with E-state index in [4.69, 9.17) is 0 Å². The van der Waals surface area contributed by atoms with Crippen molar-refractivity contribution in [2.75, 3.05) is 14.1 Å². The third kappa shape index (κ3) is 2.98. The molecule has 1 N–H and O–H groups in total. The van der Waals surface area contributed by atoms with Crippen molar-refractivity contribution in [2.45, 2.75) is 45.2 Å². The lowest BCUT2D eigenvalue weighted by molar-refractivity contribution is -0.123. The van der Waals surface area contributed by atoms with E-state index in [2.05, 4.69) is 38.2 Å². The van der Waals surface area contributed by atoms with Crippen LogP contribution in [0.1, 0.15) is 33.1 Å². The van der Waals surface area contributed by atoms with Crippen molar-refractivity contribution in [3.63, 3.8) is 0 Å². The monoisotopic (exact) mass is 198 g/mol. The molecule has 14 heavy (non-hydrogen) atoms. The van der Waals surface area contributed by atoms with Gasteiger partial charge in [0.25, 0.3) is 0 Å². The first-order valence-electron chi connectivity index (χ1n) is 5.46. The first-order valence-corrected chi connectivity index (χ1v) is 5.46. The van der Waals surface area contributed by atoms with Crippen molar-refractivity contribution in [3.8, 4) is 0 Å². The van der Waals surface area contributed by atoms with Crippen molar-refractivity contribution < 1.29 is 4.79 Å². The van der Waals surface area contributed by atoms with Crippen LogP contribution in [0.2, 0.25) is 0 Å². The maximum Gasteiger partial charge on any atom is 0.220 e. The number of nitrogens with one attached hydrogen (secondary N) is 1. The molecule has 2 unspecified atom stereocenters. The summed E-state index contributed by atoms with van der Waals surface area (Å²) in [4.78, 5) is 13.7. The first-order chi connectivity index (χ1) is 6.50. The van der Waals surface area contributed by atoms with Crippen molar-refractivity contribution in [1.29, 1.82) is 0 Å². The van der Waals surface area contributed by atoms with Gasteiger partial charge in [0, 0.05) is 18.5 Å². The number of amides is 1. The number of nitrogens with zero attached hydrogens (tertiary/aromatic N) is 1. The summed E-state index contributed by atoms with van der Waals surface area (Å²) in [7, 11) is 4.15. The predicted molar refractivity (Wildman–Crippen MR) is 58.1 cm³/mol. The van der Waals surface area contributed by atoms with Gasteiger partial charge in [0.1, 0.15) is 0 Å². The molecule has 3 heteroatoms. The molecular formula is C11H22N2O. The van der Waals surface area contributed by atoms with Gasteiger partial charge in [-0.2, -0.15) is 0 Å². The molecule has 3 nitrogen and oxygen atoms in total. The van der Waals surface area contributed by atoms with Gasteiger partial charge >= 0.3 is 0 Å². The van der Waals surface area contributed by atoms with Crippen molar-refractivity contribution in [1.82, 2.24) is 10.2 Å². The van der Waals surface area contributed by atoms with Crippen molar-refractivity contribution in [2.24, 2.45) is 5.92 Å². The van der Waals surface area contributed by atoms with Crippen LogP contribution in [-0.4, -0.2) is 37.0 Å². The summed E-state index contributed by atoms with van der Waals surface area (Å²) in [5.74, 6) is 0.657. The number of carbonyl (C=O) groups excluding carboxylic acids is 1. The summed E-state index contributed by atoms with van der Waals surface area (Å²) >= 11 is 0. The third-order valence-electron chi connectivity index (χ3n) is 2.84. The molecule has 2 atom stereocenters. The van der Waals surface area contributed by atoms with E-state index in [-0.39, 0.29) is 5.91 Å². The molecular weight excluding hydrogens is 176 g/mol. The molecule has 1 amide bonds. The molecule has 0 radical (unpaired) electrons. The average Bonchev–Trinajstić information content (AvgIpc) is 1.95. The lowest BCUT2D eigenvalue weighted by Crippen LogP contribution is -2.56. The Hall–Kier alpha value is -0.570. The second-order valence-electron chi connectivity index (χ2n) is 4.88. The SMILES string of the molecule is CC(C)CC(=O)NC1CCC1N(C)C. The summed E-state index contributed by atoms with van der Waals surface area (Å²) in [6.07, 6.45) is 2.99. The summed E-state index contributed by atoms with van der Waals surface area (Å²) < 4.78 is 0. The second-order valence-corrected chi connectivity index (χ2v) is 4.88. The van der Waals surface area contributed by atoms with Crippen LogP contribution in [0.4, 0.5) is 0 Å². The van der Waals surface area contributed by atoms with Crippen LogP contribution in [-0.2, 0) is 4.79 Å². The Bertz CT molecular complexity index is 201. The number of hydrogen-bond donors (Lipinski definition) is 1. The highest BCUT2D eigenvalue weighted by molar-refractivity contribution is 5.76. The predicted octanol–water partition coefficient (Wildman–Crippen LogP) is 1.24. The van der Waals surface area contributed by atoms with Gasteiger partial charge in [-0.3, -0.25) is 4.79 Å². The number of rotatable bonds is 4. The molecule has 0 aromatic heterocycles. The minimum atomic E-state index is 0.205. The van der Waals surface area contributed by atoms with Crippen molar-refractivity contribution in [3.05, 3.63) is 0 Å². The van der Waals surface area contributed by atoms with Crippen LogP contribution in [0.3, 0.4) is 0 Å². The maximum atomic E-state index is 11.5. The topological polar surface area (TPSA) is 32.3 Å². The highest BCUT2D eigenvalue weighted by Gasteiger charge is 2.33. The van der Waals surface area contributed by atoms with Gasteiger partial charge in [0.15, 0.2) is 0 Å². The fraction of sp³-hybridized carbons (Fsp3) is 0.909. The minimum absolute atomic E-state index is 0.205. The van der Waals surface area contributed by atoms with Gasteiger partial charge in [-0.05, 0) is 32.9 Å². The summed E-state index contributed by atoms with van der Waals surface area (Å²) in [5.41, 5.74) is 0. The molecule has 82 valence electrons. The zero-order valence-corrected chi connectivity index (χ0v) is 9.71. The normalized spacial score (nSPS) is 26.4. The van der Waals surface area contributed by atoms with Crippen LogP contribution in [0.15, 0.2) is 0 Å². The highest BCUT2D eigenvalue weighted by Crippen LogP contribution is 2.23. The van der Waals surface area contributed by atoms with Gasteiger partial charge in [-0.1, -0.05) is 13.8 Å². The van der Waals surface area contributed by atoms with E-state index >= 15 is 0 Å². The van der Waals surface area contributed by atoms with E-state index in [1.165, 1.54) is 6.42 Å². The number of carbonyl (C=O) groups is 1. The van der Waals surface area contributed by atoms with Gasteiger partial charge in [-0.25, -0.2) is 0 Å². The fourth-order valence-electron chi connectivity index (χ4n) is 1.91. The smallest absolute Gasteiger partial charge is 0.220 e. The molecule has 0 aromatic rings. The molecule has 1 saturated carbocycles. The molecule has 0 heterocycles. The van der Waals surface area contributed by atoms with Gasteiger partial charge < -0.3 is 10.2 Å². The van der Waals surface area contributed by atoms with Crippen molar-refractivity contribution >= 4 is 5.91 Å².